The van der Waals surface area contributed by atoms with E-state index in [9.17, 15) is 18.0 Å². The third kappa shape index (κ3) is 3.17. The van der Waals surface area contributed by atoms with Crippen molar-refractivity contribution in [3.8, 4) is 0 Å². The summed E-state index contributed by atoms with van der Waals surface area (Å²) in [5, 5.41) is 2.54. The summed E-state index contributed by atoms with van der Waals surface area (Å²) in [5.41, 5.74) is 2.35. The molecule has 2 saturated carbocycles. The van der Waals surface area contributed by atoms with Gasteiger partial charge in [0, 0.05) is 17.3 Å². The minimum absolute atomic E-state index is 0.130. The van der Waals surface area contributed by atoms with Crippen LogP contribution in [0.1, 0.15) is 48.5 Å². The number of amides is 1. The van der Waals surface area contributed by atoms with Crippen molar-refractivity contribution in [1.82, 2.24) is 9.55 Å². The van der Waals surface area contributed by atoms with Crippen LogP contribution in [0.3, 0.4) is 0 Å². The predicted octanol–water partition coefficient (Wildman–Crippen LogP) is 3.24. The van der Waals surface area contributed by atoms with Gasteiger partial charge in [-0.15, -0.1) is 0 Å². The number of imidazole rings is 1. The van der Waals surface area contributed by atoms with E-state index in [1.165, 1.54) is 24.3 Å². The predicted molar refractivity (Wildman–Crippen MR) is 110 cm³/mol. The van der Waals surface area contributed by atoms with Crippen molar-refractivity contribution >= 4 is 32.5 Å². The molecule has 0 bridgehead atoms. The van der Waals surface area contributed by atoms with Gasteiger partial charge in [-0.3, -0.25) is 9.36 Å². The van der Waals surface area contributed by atoms with Crippen LogP contribution in [-0.4, -0.2) is 29.1 Å². The van der Waals surface area contributed by atoms with Gasteiger partial charge in [-0.1, -0.05) is 6.42 Å². The van der Waals surface area contributed by atoms with Gasteiger partial charge in [-0.2, -0.15) is 0 Å². The maximum atomic E-state index is 12.6. The third-order valence-corrected chi connectivity index (χ3v) is 8.10. The Balaban J connectivity index is 1.37. The minimum atomic E-state index is -3.30. The highest BCUT2D eigenvalue weighted by Gasteiger charge is 2.32. The van der Waals surface area contributed by atoms with Crippen LogP contribution in [0.4, 0.5) is 5.69 Å². The second-order valence-corrected chi connectivity index (χ2v) is 10.1. The van der Waals surface area contributed by atoms with E-state index in [2.05, 4.69) is 10.3 Å². The highest BCUT2D eigenvalue weighted by Crippen LogP contribution is 2.36. The number of nitrogens with one attached hydrogen (secondary N) is 2. The molecule has 2 aromatic carbocycles. The lowest BCUT2D eigenvalue weighted by Crippen LogP contribution is -2.28. The van der Waals surface area contributed by atoms with Gasteiger partial charge < -0.3 is 10.3 Å². The fraction of sp³-hybridized carbons (Fsp3) is 0.333. The Morgan fingerprint density at radius 1 is 1.03 bits per heavy atom. The fourth-order valence-electron chi connectivity index (χ4n) is 3.77. The Bertz CT molecular complexity index is 1260. The number of aromatic nitrogens is 2. The van der Waals surface area contributed by atoms with E-state index in [0.29, 0.717) is 24.1 Å². The molecule has 2 aliphatic carbocycles. The number of rotatable bonds is 5. The molecule has 0 saturated heterocycles. The average molecular weight is 411 g/mol. The van der Waals surface area contributed by atoms with Crippen molar-refractivity contribution in [1.29, 1.82) is 0 Å². The molecule has 8 heteroatoms. The molecule has 0 radical (unpaired) electrons. The molecule has 7 nitrogen and oxygen atoms in total. The van der Waals surface area contributed by atoms with E-state index in [1.807, 2.05) is 0 Å². The van der Waals surface area contributed by atoms with Crippen LogP contribution in [0, 0.1) is 0 Å². The molecule has 1 heterocycles. The number of sulfone groups is 1. The van der Waals surface area contributed by atoms with E-state index in [1.54, 1.807) is 22.8 Å². The first-order valence-corrected chi connectivity index (χ1v) is 11.4. The molecule has 2 aliphatic rings. The molecule has 2 fully saturated rings. The lowest BCUT2D eigenvalue weighted by atomic mass is 10.00. The highest BCUT2D eigenvalue weighted by molar-refractivity contribution is 7.92. The van der Waals surface area contributed by atoms with Gasteiger partial charge in [0.25, 0.3) is 5.91 Å². The number of nitrogens with zero attached hydrogens (tertiary/aromatic N) is 1. The topological polar surface area (TPSA) is 101 Å². The Hall–Kier alpha value is -2.87. The van der Waals surface area contributed by atoms with Crippen LogP contribution in [0.25, 0.3) is 11.0 Å². The standard InChI is InChI=1S/C21H21N3O4S/c25-20(13-4-9-17(10-5-13)29(27,28)16-2-1-3-16)22-14-6-11-18-19(12-14)24(15-7-8-15)21(26)23-18/h4-6,9-12,15-16H,1-3,7-8H2,(H,22,25)(H,23,26). The number of H-pyrrole nitrogens is 1. The highest BCUT2D eigenvalue weighted by atomic mass is 32.2. The monoisotopic (exact) mass is 411 g/mol. The number of carbonyl (C=O) groups excluding carboxylic acids is 1. The summed E-state index contributed by atoms with van der Waals surface area (Å²) in [5.74, 6) is -0.326. The third-order valence-electron chi connectivity index (χ3n) is 5.82. The molecule has 3 aromatic rings. The molecular weight excluding hydrogens is 390 g/mol. The first-order chi connectivity index (χ1) is 13.9. The van der Waals surface area contributed by atoms with Crippen LogP contribution >= 0.6 is 0 Å². The first-order valence-electron chi connectivity index (χ1n) is 9.83. The number of carbonyl (C=O) groups is 1. The summed E-state index contributed by atoms with van der Waals surface area (Å²) in [6, 6.07) is 11.6. The molecule has 0 unspecified atom stereocenters. The molecule has 150 valence electrons. The maximum absolute atomic E-state index is 12.6. The molecule has 29 heavy (non-hydrogen) atoms. The molecule has 0 aliphatic heterocycles. The zero-order chi connectivity index (χ0) is 20.2. The minimum Gasteiger partial charge on any atom is -0.322 e. The van der Waals surface area contributed by atoms with Gasteiger partial charge >= 0.3 is 5.69 Å². The maximum Gasteiger partial charge on any atom is 0.326 e. The van der Waals surface area contributed by atoms with Crippen LogP contribution in [-0.2, 0) is 9.84 Å². The number of fused-ring (bicyclic) bond motifs is 1. The fourth-order valence-corrected chi connectivity index (χ4v) is 5.62. The van der Waals surface area contributed by atoms with Crippen molar-refractivity contribution in [2.75, 3.05) is 5.32 Å². The van der Waals surface area contributed by atoms with Crippen molar-refractivity contribution in [3.05, 3.63) is 58.5 Å². The summed E-state index contributed by atoms with van der Waals surface area (Å²) >= 11 is 0. The van der Waals surface area contributed by atoms with Gasteiger partial charge in [-0.25, -0.2) is 13.2 Å². The van der Waals surface area contributed by atoms with Gasteiger partial charge in [0.1, 0.15) is 0 Å². The average Bonchev–Trinajstić information content (AvgIpc) is 3.42. The quantitative estimate of drug-likeness (QED) is 0.673. The van der Waals surface area contributed by atoms with E-state index >= 15 is 0 Å². The van der Waals surface area contributed by atoms with E-state index in [0.717, 1.165) is 30.3 Å². The largest absolute Gasteiger partial charge is 0.326 e. The van der Waals surface area contributed by atoms with Gasteiger partial charge in [0.15, 0.2) is 9.84 Å². The first kappa shape index (κ1) is 18.2. The zero-order valence-corrected chi connectivity index (χ0v) is 16.5. The van der Waals surface area contributed by atoms with E-state index in [-0.39, 0.29) is 27.8 Å². The Labute approximate surface area is 167 Å². The molecule has 0 spiro atoms. The van der Waals surface area contributed by atoms with Crippen molar-refractivity contribution in [2.45, 2.75) is 48.3 Å². The Kier molecular flexibility index (Phi) is 4.13. The second kappa shape index (κ2) is 6.59. The van der Waals surface area contributed by atoms with Crippen molar-refractivity contribution in [3.63, 3.8) is 0 Å². The summed E-state index contributed by atoms with van der Waals surface area (Å²) < 4.78 is 26.7. The van der Waals surface area contributed by atoms with Crippen molar-refractivity contribution in [2.24, 2.45) is 0 Å². The summed E-state index contributed by atoms with van der Waals surface area (Å²) in [7, 11) is -3.30. The summed E-state index contributed by atoms with van der Waals surface area (Å²) in [6.07, 6.45) is 4.33. The molecule has 5 rings (SSSR count). The molecule has 1 aromatic heterocycles. The molecule has 2 N–H and O–H groups in total. The van der Waals surface area contributed by atoms with Gasteiger partial charge in [-0.05, 0) is 68.1 Å². The smallest absolute Gasteiger partial charge is 0.322 e. The lowest BCUT2D eigenvalue weighted by molar-refractivity contribution is 0.102. The number of hydrogen-bond acceptors (Lipinski definition) is 4. The number of hydrogen-bond donors (Lipinski definition) is 2. The Morgan fingerprint density at radius 3 is 2.38 bits per heavy atom. The molecular formula is C21H21N3O4S. The number of benzene rings is 2. The number of aromatic amines is 1. The number of anilines is 1. The van der Waals surface area contributed by atoms with Gasteiger partial charge in [0.2, 0.25) is 0 Å². The zero-order valence-electron chi connectivity index (χ0n) is 15.7. The Morgan fingerprint density at radius 2 is 1.76 bits per heavy atom. The molecule has 0 atom stereocenters. The van der Waals surface area contributed by atoms with E-state index in [4.69, 9.17) is 0 Å². The lowest BCUT2D eigenvalue weighted by Gasteiger charge is -2.25. The van der Waals surface area contributed by atoms with Crippen LogP contribution in [0.2, 0.25) is 0 Å². The molecule has 1 amide bonds. The second-order valence-electron chi connectivity index (χ2n) is 7.84. The van der Waals surface area contributed by atoms with Crippen LogP contribution < -0.4 is 11.0 Å². The SMILES string of the molecule is O=C(Nc1ccc2[nH]c(=O)n(C3CC3)c2c1)c1ccc(S(=O)(=O)C2CCC2)cc1. The van der Waals surface area contributed by atoms with Gasteiger partial charge in [0.05, 0.1) is 21.2 Å². The van der Waals surface area contributed by atoms with E-state index < -0.39 is 9.84 Å². The van der Waals surface area contributed by atoms with Crippen LogP contribution in [0.15, 0.2) is 52.2 Å². The summed E-state index contributed by atoms with van der Waals surface area (Å²) in [6.45, 7) is 0. The van der Waals surface area contributed by atoms with Crippen LogP contribution in [0.5, 0.6) is 0 Å². The normalized spacial score (nSPS) is 17.2. The van der Waals surface area contributed by atoms with Crippen molar-refractivity contribution < 1.29 is 13.2 Å². The summed E-state index contributed by atoms with van der Waals surface area (Å²) in [4.78, 5) is 27.8.